The third-order valence-electron chi connectivity index (χ3n) is 3.51. The number of thiophene rings is 1. The summed E-state index contributed by atoms with van der Waals surface area (Å²) in [4.78, 5) is 18.1. The Labute approximate surface area is 130 Å². The van der Waals surface area contributed by atoms with Crippen LogP contribution in [0.15, 0.2) is 52.7 Å². The molecule has 102 valence electrons. The van der Waals surface area contributed by atoms with Crippen LogP contribution in [0.4, 0.5) is 0 Å². The molecule has 0 saturated carbocycles. The van der Waals surface area contributed by atoms with Crippen LogP contribution in [-0.4, -0.2) is 10.8 Å². The smallest absolute Gasteiger partial charge is 0.189 e. The van der Waals surface area contributed by atoms with Gasteiger partial charge in [0.25, 0.3) is 0 Å². The van der Waals surface area contributed by atoms with Crippen molar-refractivity contribution in [2.24, 2.45) is 0 Å². The zero-order chi connectivity index (χ0) is 14.2. The molecule has 0 radical (unpaired) electrons. The number of benzene rings is 1. The van der Waals surface area contributed by atoms with Gasteiger partial charge in [-0.1, -0.05) is 30.3 Å². The van der Waals surface area contributed by atoms with Gasteiger partial charge < -0.3 is 0 Å². The summed E-state index contributed by atoms with van der Waals surface area (Å²) in [5.74, 6) is 0.135. The van der Waals surface area contributed by atoms with Crippen LogP contribution < -0.4 is 0 Å². The van der Waals surface area contributed by atoms with Crippen molar-refractivity contribution in [3.8, 4) is 9.88 Å². The molecule has 0 N–H and O–H groups in total. The van der Waals surface area contributed by atoms with Crippen LogP contribution in [0.25, 0.3) is 16.0 Å². The number of carbonyl (C=O) groups excluding carboxylic acids is 1. The second kappa shape index (κ2) is 5.06. The number of hydrogen-bond donors (Lipinski definition) is 0. The number of hydrogen-bond acceptors (Lipinski definition) is 4. The Hall–Kier alpha value is -2.04. The summed E-state index contributed by atoms with van der Waals surface area (Å²) < 4.78 is 0. The van der Waals surface area contributed by atoms with Gasteiger partial charge >= 0.3 is 0 Å². The van der Waals surface area contributed by atoms with E-state index in [1.165, 1.54) is 4.88 Å². The Balaban J connectivity index is 1.66. The number of ketones is 1. The maximum Gasteiger partial charge on any atom is 0.189 e. The molecule has 0 amide bonds. The molecule has 21 heavy (non-hydrogen) atoms. The molecule has 3 aromatic rings. The number of Topliss-reactive ketones (excluding diaryl/α,β-unsaturated/α-hetero) is 1. The van der Waals surface area contributed by atoms with Gasteiger partial charge in [0.15, 0.2) is 5.78 Å². The van der Waals surface area contributed by atoms with E-state index in [1.54, 1.807) is 22.7 Å². The van der Waals surface area contributed by atoms with Crippen LogP contribution in [0, 0.1) is 0 Å². The third kappa shape index (κ3) is 2.26. The van der Waals surface area contributed by atoms with E-state index in [2.05, 4.69) is 11.1 Å². The van der Waals surface area contributed by atoms with Gasteiger partial charge in [-0.3, -0.25) is 4.79 Å². The Morgan fingerprint density at radius 1 is 1.10 bits per heavy atom. The zero-order valence-electron chi connectivity index (χ0n) is 11.1. The van der Waals surface area contributed by atoms with Gasteiger partial charge in [-0.05, 0) is 23.1 Å². The van der Waals surface area contributed by atoms with Crippen molar-refractivity contribution >= 4 is 34.5 Å². The lowest BCUT2D eigenvalue weighted by Gasteiger charge is -1.92. The molecular weight excluding hydrogens is 298 g/mol. The topological polar surface area (TPSA) is 30.0 Å². The highest BCUT2D eigenvalue weighted by atomic mass is 32.1. The average Bonchev–Trinajstić information content (AvgIpc) is 3.21. The van der Waals surface area contributed by atoms with Crippen LogP contribution >= 0.6 is 22.7 Å². The monoisotopic (exact) mass is 309 g/mol. The van der Waals surface area contributed by atoms with Crippen LogP contribution in [0.1, 0.15) is 21.6 Å². The number of allylic oxidation sites excluding steroid dienone is 1. The van der Waals surface area contributed by atoms with Gasteiger partial charge in [0.2, 0.25) is 0 Å². The summed E-state index contributed by atoms with van der Waals surface area (Å²) in [6, 6.07) is 11.9. The van der Waals surface area contributed by atoms with E-state index >= 15 is 0 Å². The summed E-state index contributed by atoms with van der Waals surface area (Å²) in [5.41, 5.74) is 3.65. The van der Waals surface area contributed by atoms with Crippen molar-refractivity contribution in [2.75, 3.05) is 0 Å². The largest absolute Gasteiger partial charge is 0.289 e. The van der Waals surface area contributed by atoms with Crippen molar-refractivity contribution in [2.45, 2.75) is 6.42 Å². The van der Waals surface area contributed by atoms with E-state index < -0.39 is 0 Å². The standard InChI is InChI=1S/C17H11NOS2/c19-16-12(8-11-4-1-2-5-14(11)16)9-13-10-21-17(18-13)15-6-3-7-20-15/h1-7,9-10H,8H2. The van der Waals surface area contributed by atoms with Gasteiger partial charge in [0, 0.05) is 22.9 Å². The number of fused-ring (bicyclic) bond motifs is 1. The minimum Gasteiger partial charge on any atom is -0.289 e. The van der Waals surface area contributed by atoms with Gasteiger partial charge in [0.1, 0.15) is 5.01 Å². The molecule has 4 heteroatoms. The Morgan fingerprint density at radius 3 is 2.81 bits per heavy atom. The minimum absolute atomic E-state index is 0.135. The molecule has 0 saturated heterocycles. The summed E-state index contributed by atoms with van der Waals surface area (Å²) in [7, 11) is 0. The highest BCUT2D eigenvalue weighted by Gasteiger charge is 2.24. The summed E-state index contributed by atoms with van der Waals surface area (Å²) in [6.07, 6.45) is 2.64. The van der Waals surface area contributed by atoms with Crippen LogP contribution in [0.2, 0.25) is 0 Å². The molecule has 1 aliphatic carbocycles. The molecule has 2 aromatic heterocycles. The predicted molar refractivity (Wildman–Crippen MR) is 87.9 cm³/mol. The lowest BCUT2D eigenvalue weighted by Crippen LogP contribution is -1.94. The van der Waals surface area contributed by atoms with Crippen molar-refractivity contribution in [3.05, 3.63) is 69.6 Å². The second-order valence-corrected chi connectivity index (χ2v) is 6.69. The minimum atomic E-state index is 0.135. The van der Waals surface area contributed by atoms with Crippen molar-refractivity contribution in [1.29, 1.82) is 0 Å². The van der Waals surface area contributed by atoms with Crippen LogP contribution in [-0.2, 0) is 6.42 Å². The highest BCUT2D eigenvalue weighted by Crippen LogP contribution is 2.31. The molecule has 0 bridgehead atoms. The molecule has 1 aromatic carbocycles. The molecule has 2 heterocycles. The number of nitrogens with zero attached hydrogens (tertiary/aromatic N) is 1. The molecule has 2 nitrogen and oxygen atoms in total. The zero-order valence-corrected chi connectivity index (χ0v) is 12.7. The first-order valence-electron chi connectivity index (χ1n) is 6.64. The maximum atomic E-state index is 12.3. The SMILES string of the molecule is O=C1C(=Cc2csc(-c3cccs3)n2)Cc2ccccc21. The maximum absolute atomic E-state index is 12.3. The predicted octanol–water partition coefficient (Wildman–Crippen LogP) is 4.69. The first kappa shape index (κ1) is 12.7. The third-order valence-corrected chi connectivity index (χ3v) is 5.41. The number of rotatable bonds is 2. The Bertz CT molecular complexity index is 843. The lowest BCUT2D eigenvalue weighted by molar-refractivity contribution is 0.104. The van der Waals surface area contributed by atoms with Gasteiger partial charge in [-0.15, -0.1) is 22.7 Å². The Kier molecular flexibility index (Phi) is 3.05. The summed E-state index contributed by atoms with van der Waals surface area (Å²) in [5, 5.41) is 5.07. The van der Waals surface area contributed by atoms with Crippen LogP contribution in [0.3, 0.4) is 0 Å². The molecule has 4 rings (SSSR count). The lowest BCUT2D eigenvalue weighted by atomic mass is 10.1. The first-order chi connectivity index (χ1) is 10.3. The van der Waals surface area contributed by atoms with E-state index in [4.69, 9.17) is 0 Å². The molecule has 0 unspecified atom stereocenters. The van der Waals surface area contributed by atoms with E-state index in [1.807, 2.05) is 47.2 Å². The van der Waals surface area contributed by atoms with Gasteiger partial charge in [-0.25, -0.2) is 4.98 Å². The fourth-order valence-corrected chi connectivity index (χ4v) is 4.11. The fourth-order valence-electron chi connectivity index (χ4n) is 2.52. The van der Waals surface area contributed by atoms with Crippen molar-refractivity contribution in [3.63, 3.8) is 0 Å². The quantitative estimate of drug-likeness (QED) is 0.643. The molecule has 0 aliphatic heterocycles. The van der Waals surface area contributed by atoms with Crippen molar-refractivity contribution < 1.29 is 4.79 Å². The van der Waals surface area contributed by atoms with E-state index in [0.717, 1.165) is 27.4 Å². The summed E-state index contributed by atoms with van der Waals surface area (Å²) >= 11 is 3.30. The average molecular weight is 309 g/mol. The molecule has 0 fully saturated rings. The number of aromatic nitrogens is 1. The second-order valence-electron chi connectivity index (χ2n) is 4.89. The normalized spacial score (nSPS) is 15.6. The van der Waals surface area contributed by atoms with Crippen LogP contribution in [0.5, 0.6) is 0 Å². The van der Waals surface area contributed by atoms with Crippen molar-refractivity contribution in [1.82, 2.24) is 4.98 Å². The number of thiazole rings is 1. The summed E-state index contributed by atoms with van der Waals surface area (Å²) in [6.45, 7) is 0. The van der Waals surface area contributed by atoms with E-state index in [0.29, 0.717) is 6.42 Å². The first-order valence-corrected chi connectivity index (χ1v) is 8.40. The van der Waals surface area contributed by atoms with Gasteiger partial charge in [-0.2, -0.15) is 0 Å². The Morgan fingerprint density at radius 2 is 2.00 bits per heavy atom. The highest BCUT2D eigenvalue weighted by molar-refractivity contribution is 7.20. The number of carbonyl (C=O) groups is 1. The molecule has 0 spiro atoms. The molecule has 0 atom stereocenters. The fraction of sp³-hybridized carbons (Fsp3) is 0.0588. The molecule has 1 aliphatic rings. The molecular formula is C17H11NOS2. The van der Waals surface area contributed by atoms with E-state index in [9.17, 15) is 4.79 Å². The van der Waals surface area contributed by atoms with Gasteiger partial charge in [0.05, 0.1) is 10.6 Å². The van der Waals surface area contributed by atoms with E-state index in [-0.39, 0.29) is 5.78 Å².